The number of halogens is 1. The molecule has 0 saturated carbocycles. The standard InChI is InChI=1S/C19H22ClN3O2S/c1-14(15-5-2-3-6-16(15)20)21-13-18(24)22-8-10-23(11-9-22)19(25)17-7-4-12-26-17/h2-7,12,14,21H,8-11,13H2,1H3/p+1/t14-/m0/s1. The van der Waals surface area contributed by atoms with Crippen molar-refractivity contribution in [2.45, 2.75) is 13.0 Å². The zero-order chi connectivity index (χ0) is 18.5. The first kappa shape index (κ1) is 18.9. The normalized spacial score (nSPS) is 15.8. The molecule has 1 aromatic heterocycles. The lowest BCUT2D eigenvalue weighted by molar-refractivity contribution is -0.683. The Kier molecular flexibility index (Phi) is 6.29. The van der Waals surface area contributed by atoms with Crippen molar-refractivity contribution in [1.82, 2.24) is 9.80 Å². The fourth-order valence-corrected chi connectivity index (χ4v) is 4.09. The lowest BCUT2D eigenvalue weighted by atomic mass is 10.1. The zero-order valence-electron chi connectivity index (χ0n) is 14.7. The minimum atomic E-state index is 0.0611. The zero-order valence-corrected chi connectivity index (χ0v) is 16.3. The predicted molar refractivity (Wildman–Crippen MR) is 103 cm³/mol. The molecule has 26 heavy (non-hydrogen) atoms. The monoisotopic (exact) mass is 392 g/mol. The summed E-state index contributed by atoms with van der Waals surface area (Å²) in [6, 6.07) is 11.6. The number of hydrogen-bond acceptors (Lipinski definition) is 3. The van der Waals surface area contributed by atoms with Crippen LogP contribution in [0.5, 0.6) is 0 Å². The van der Waals surface area contributed by atoms with Crippen LogP contribution in [0.15, 0.2) is 41.8 Å². The second-order valence-corrected chi connectivity index (χ2v) is 7.76. The van der Waals surface area contributed by atoms with Crippen LogP contribution < -0.4 is 5.32 Å². The van der Waals surface area contributed by atoms with Gasteiger partial charge in [-0.15, -0.1) is 11.3 Å². The molecule has 0 aliphatic carbocycles. The maximum Gasteiger partial charge on any atom is 0.277 e. The summed E-state index contributed by atoms with van der Waals surface area (Å²) in [5.41, 5.74) is 1.04. The lowest BCUT2D eigenvalue weighted by Gasteiger charge is -2.34. The molecule has 2 heterocycles. The molecular formula is C19H23ClN3O2S+. The van der Waals surface area contributed by atoms with Crippen molar-refractivity contribution in [2.75, 3.05) is 32.7 Å². The van der Waals surface area contributed by atoms with Gasteiger partial charge < -0.3 is 15.1 Å². The van der Waals surface area contributed by atoms with Crippen molar-refractivity contribution in [3.8, 4) is 0 Å². The highest BCUT2D eigenvalue weighted by Gasteiger charge is 2.26. The van der Waals surface area contributed by atoms with Crippen LogP contribution in [0.25, 0.3) is 0 Å². The third-order valence-electron chi connectivity index (χ3n) is 4.69. The molecule has 7 heteroatoms. The van der Waals surface area contributed by atoms with Gasteiger partial charge in [0.2, 0.25) is 0 Å². The van der Waals surface area contributed by atoms with Gasteiger partial charge in [0.15, 0.2) is 6.54 Å². The topological polar surface area (TPSA) is 57.2 Å². The third-order valence-corrected chi connectivity index (χ3v) is 5.90. The second kappa shape index (κ2) is 8.66. The number of piperazine rings is 1. The van der Waals surface area contributed by atoms with E-state index in [4.69, 9.17) is 11.6 Å². The number of nitrogens with zero attached hydrogens (tertiary/aromatic N) is 2. The van der Waals surface area contributed by atoms with E-state index in [1.54, 1.807) is 0 Å². The van der Waals surface area contributed by atoms with Gasteiger partial charge in [-0.05, 0) is 24.4 Å². The highest BCUT2D eigenvalue weighted by Crippen LogP contribution is 2.19. The first-order valence-corrected chi connectivity index (χ1v) is 10.0. The van der Waals surface area contributed by atoms with Crippen LogP contribution in [0.4, 0.5) is 0 Å². The molecule has 3 rings (SSSR count). The van der Waals surface area contributed by atoms with Gasteiger partial charge in [0.1, 0.15) is 6.04 Å². The van der Waals surface area contributed by atoms with Crippen LogP contribution in [0, 0.1) is 0 Å². The summed E-state index contributed by atoms with van der Waals surface area (Å²) in [4.78, 5) is 29.3. The number of hydrogen-bond donors (Lipinski definition) is 1. The first-order valence-electron chi connectivity index (χ1n) is 8.74. The fourth-order valence-electron chi connectivity index (χ4n) is 3.09. The molecule has 138 valence electrons. The minimum Gasteiger partial charge on any atom is -0.334 e. The SMILES string of the molecule is C[C@H]([NH2+]CC(=O)N1CCN(C(=O)c2cccs2)CC1)c1ccccc1Cl. The molecular weight excluding hydrogens is 370 g/mol. The van der Waals surface area contributed by atoms with Crippen LogP contribution in [0.2, 0.25) is 5.02 Å². The van der Waals surface area contributed by atoms with Crippen LogP contribution >= 0.6 is 22.9 Å². The van der Waals surface area contributed by atoms with E-state index in [2.05, 4.69) is 0 Å². The summed E-state index contributed by atoms with van der Waals surface area (Å²) in [7, 11) is 0. The number of amides is 2. The molecule has 0 bridgehead atoms. The number of benzene rings is 1. The number of carbonyl (C=O) groups excluding carboxylic acids is 2. The Labute approximate surface area is 162 Å². The Morgan fingerprint density at radius 2 is 1.81 bits per heavy atom. The molecule has 2 N–H and O–H groups in total. The van der Waals surface area contributed by atoms with E-state index in [0.717, 1.165) is 15.5 Å². The van der Waals surface area contributed by atoms with Gasteiger partial charge in [0.05, 0.1) is 4.88 Å². The van der Waals surface area contributed by atoms with E-state index >= 15 is 0 Å². The fraction of sp³-hybridized carbons (Fsp3) is 0.368. The molecule has 2 aromatic rings. The highest BCUT2D eigenvalue weighted by molar-refractivity contribution is 7.12. The minimum absolute atomic E-state index is 0.0611. The van der Waals surface area contributed by atoms with E-state index in [1.165, 1.54) is 11.3 Å². The van der Waals surface area contributed by atoms with Gasteiger partial charge in [-0.3, -0.25) is 9.59 Å². The van der Waals surface area contributed by atoms with Crippen molar-refractivity contribution >= 4 is 34.8 Å². The number of rotatable bonds is 5. The summed E-state index contributed by atoms with van der Waals surface area (Å²) in [5, 5.41) is 4.64. The molecule has 0 radical (unpaired) electrons. The molecule has 2 amide bonds. The Hall–Kier alpha value is -1.89. The molecule has 5 nitrogen and oxygen atoms in total. The van der Waals surface area contributed by atoms with E-state index < -0.39 is 0 Å². The van der Waals surface area contributed by atoms with E-state index in [0.29, 0.717) is 32.7 Å². The van der Waals surface area contributed by atoms with Crippen molar-refractivity contribution < 1.29 is 14.9 Å². The molecule has 0 spiro atoms. The summed E-state index contributed by atoms with van der Waals surface area (Å²) in [5.74, 6) is 0.165. The maximum absolute atomic E-state index is 12.5. The van der Waals surface area contributed by atoms with Gasteiger partial charge in [-0.25, -0.2) is 0 Å². The predicted octanol–water partition coefficient (Wildman–Crippen LogP) is 2.01. The van der Waals surface area contributed by atoms with Gasteiger partial charge in [0.25, 0.3) is 11.8 Å². The average Bonchev–Trinajstić information content (AvgIpc) is 3.20. The van der Waals surface area contributed by atoms with Crippen molar-refractivity contribution in [3.63, 3.8) is 0 Å². The van der Waals surface area contributed by atoms with Crippen molar-refractivity contribution in [3.05, 3.63) is 57.2 Å². The van der Waals surface area contributed by atoms with Crippen molar-refractivity contribution in [1.29, 1.82) is 0 Å². The summed E-state index contributed by atoms with van der Waals surface area (Å²) in [6.45, 7) is 4.77. The molecule has 0 unspecified atom stereocenters. The summed E-state index contributed by atoms with van der Waals surface area (Å²) < 4.78 is 0. The smallest absolute Gasteiger partial charge is 0.277 e. The van der Waals surface area contributed by atoms with Crippen LogP contribution in [0.1, 0.15) is 28.2 Å². The largest absolute Gasteiger partial charge is 0.334 e. The van der Waals surface area contributed by atoms with Gasteiger partial charge in [-0.2, -0.15) is 0 Å². The Morgan fingerprint density at radius 3 is 2.46 bits per heavy atom. The van der Waals surface area contributed by atoms with E-state index in [-0.39, 0.29) is 17.9 Å². The number of quaternary nitrogens is 1. The van der Waals surface area contributed by atoms with Crippen molar-refractivity contribution in [2.24, 2.45) is 0 Å². The highest BCUT2D eigenvalue weighted by atomic mass is 35.5. The van der Waals surface area contributed by atoms with Gasteiger partial charge >= 0.3 is 0 Å². The van der Waals surface area contributed by atoms with Gasteiger partial charge in [-0.1, -0.05) is 35.9 Å². The van der Waals surface area contributed by atoms with Crippen LogP contribution in [0.3, 0.4) is 0 Å². The third kappa shape index (κ3) is 4.44. The van der Waals surface area contributed by atoms with E-state index in [9.17, 15) is 9.59 Å². The Morgan fingerprint density at radius 1 is 1.12 bits per heavy atom. The number of carbonyl (C=O) groups is 2. The molecule has 1 aromatic carbocycles. The molecule has 1 saturated heterocycles. The molecule has 1 atom stereocenters. The van der Waals surface area contributed by atoms with Crippen LogP contribution in [-0.2, 0) is 4.79 Å². The van der Waals surface area contributed by atoms with Gasteiger partial charge in [0, 0.05) is 36.8 Å². The average molecular weight is 393 g/mol. The number of thiophene rings is 1. The summed E-state index contributed by atoms with van der Waals surface area (Å²) in [6.07, 6.45) is 0. The summed E-state index contributed by atoms with van der Waals surface area (Å²) >= 11 is 7.67. The van der Waals surface area contributed by atoms with Crippen LogP contribution in [-0.4, -0.2) is 54.3 Å². The quantitative estimate of drug-likeness (QED) is 0.846. The van der Waals surface area contributed by atoms with E-state index in [1.807, 2.05) is 63.8 Å². The number of nitrogens with two attached hydrogens (primary N) is 1. The Bertz CT molecular complexity index is 758. The Balaban J connectivity index is 1.46. The second-order valence-electron chi connectivity index (χ2n) is 6.40. The maximum atomic E-state index is 12.5. The molecule has 1 aliphatic heterocycles. The lowest BCUT2D eigenvalue weighted by Crippen LogP contribution is -2.87. The molecule has 1 aliphatic rings. The molecule has 1 fully saturated rings. The first-order chi connectivity index (χ1) is 12.6.